The largest absolute Gasteiger partial charge is 0.493 e. The first-order chi connectivity index (χ1) is 17.3. The minimum atomic E-state index is -0.0544. The van der Waals surface area contributed by atoms with E-state index in [4.69, 9.17) is 14.5 Å². The molecule has 0 bridgehead atoms. The first kappa shape index (κ1) is 26.0. The highest BCUT2D eigenvalue weighted by molar-refractivity contribution is 9.10. The number of aryl methyl sites for hydroxylation is 1. The molecule has 1 fully saturated rings. The highest BCUT2D eigenvalue weighted by atomic mass is 79.9. The number of halogens is 1. The summed E-state index contributed by atoms with van der Waals surface area (Å²) in [6.07, 6.45) is 1.87. The molecule has 3 aromatic rings. The maximum absolute atomic E-state index is 13.5. The number of amidine groups is 1. The predicted octanol–water partition coefficient (Wildman–Crippen LogP) is 7.61. The fourth-order valence-corrected chi connectivity index (χ4v) is 4.95. The normalized spacial score (nSPS) is 15.8. The van der Waals surface area contributed by atoms with Gasteiger partial charge in [0.15, 0.2) is 16.7 Å². The van der Waals surface area contributed by atoms with Gasteiger partial charge in [0.05, 0.1) is 17.7 Å². The molecule has 0 atom stereocenters. The Kier molecular flexibility index (Phi) is 8.54. The summed E-state index contributed by atoms with van der Waals surface area (Å²) in [5, 5.41) is 0.684. The Balaban J connectivity index is 1.66. The summed E-state index contributed by atoms with van der Waals surface area (Å²) in [6, 6.07) is 21.7. The van der Waals surface area contributed by atoms with Crippen LogP contribution in [0.15, 0.2) is 81.1 Å². The molecule has 0 spiro atoms. The Hall–Kier alpha value is -3.03. The molecule has 4 rings (SSSR count). The number of rotatable bonds is 8. The molecule has 36 heavy (non-hydrogen) atoms. The molecular weight excluding hydrogens is 536 g/mol. The average molecular weight is 566 g/mol. The number of aliphatic imine (C=N–C) groups is 1. The number of carbonyl (C=O) groups excluding carboxylic acids is 1. The van der Waals surface area contributed by atoms with E-state index < -0.39 is 0 Å². The van der Waals surface area contributed by atoms with Gasteiger partial charge in [0.1, 0.15) is 6.61 Å². The van der Waals surface area contributed by atoms with Crippen LogP contribution in [0.3, 0.4) is 0 Å². The Morgan fingerprint density at radius 1 is 1.06 bits per heavy atom. The lowest BCUT2D eigenvalue weighted by Crippen LogP contribution is -2.32. The molecule has 1 aliphatic heterocycles. The van der Waals surface area contributed by atoms with Gasteiger partial charge in [0.25, 0.3) is 5.91 Å². The topological polar surface area (TPSA) is 51.1 Å². The van der Waals surface area contributed by atoms with E-state index >= 15 is 0 Å². The minimum absolute atomic E-state index is 0.0544. The van der Waals surface area contributed by atoms with Crippen LogP contribution in [0, 0.1) is 12.8 Å². The van der Waals surface area contributed by atoms with Crippen LogP contribution < -0.4 is 9.47 Å². The van der Waals surface area contributed by atoms with Gasteiger partial charge in [-0.25, -0.2) is 4.99 Å². The lowest BCUT2D eigenvalue weighted by molar-refractivity contribution is -0.122. The summed E-state index contributed by atoms with van der Waals surface area (Å²) in [6.45, 7) is 7.21. The van der Waals surface area contributed by atoms with Crippen molar-refractivity contribution in [3.05, 3.63) is 92.8 Å². The first-order valence-electron chi connectivity index (χ1n) is 11.7. The van der Waals surface area contributed by atoms with E-state index in [0.29, 0.717) is 40.6 Å². The summed E-state index contributed by atoms with van der Waals surface area (Å²) in [4.78, 5) is 20.6. The van der Waals surface area contributed by atoms with Crippen LogP contribution in [0.5, 0.6) is 11.5 Å². The van der Waals surface area contributed by atoms with Gasteiger partial charge in [0.2, 0.25) is 0 Å². The number of nitrogens with zero attached hydrogens (tertiary/aromatic N) is 2. The summed E-state index contributed by atoms with van der Waals surface area (Å²) in [5.41, 5.74) is 3.81. The third-order valence-corrected chi connectivity index (χ3v) is 7.04. The Morgan fingerprint density at radius 2 is 1.78 bits per heavy atom. The molecule has 7 heteroatoms. The molecule has 186 valence electrons. The van der Waals surface area contributed by atoms with E-state index in [1.807, 2.05) is 79.7 Å². The first-order valence-corrected chi connectivity index (χ1v) is 13.4. The number of ether oxygens (including phenoxy) is 2. The van der Waals surface area contributed by atoms with E-state index in [2.05, 4.69) is 29.8 Å². The molecule has 1 amide bonds. The molecule has 0 unspecified atom stereocenters. The van der Waals surface area contributed by atoms with Crippen LogP contribution in [0.1, 0.15) is 30.5 Å². The second-order valence-electron chi connectivity index (χ2n) is 8.94. The molecule has 1 saturated heterocycles. The molecule has 3 aromatic carbocycles. The number of para-hydroxylation sites is 1. The maximum atomic E-state index is 13.5. The number of methoxy groups -OCH3 is 1. The van der Waals surface area contributed by atoms with Crippen LogP contribution >= 0.6 is 27.7 Å². The zero-order valence-electron chi connectivity index (χ0n) is 20.8. The van der Waals surface area contributed by atoms with Crippen molar-refractivity contribution in [2.24, 2.45) is 10.9 Å². The number of hydrogen-bond acceptors (Lipinski definition) is 5. The molecule has 0 N–H and O–H groups in total. The van der Waals surface area contributed by atoms with Gasteiger partial charge in [-0.2, -0.15) is 0 Å². The van der Waals surface area contributed by atoms with Crippen LogP contribution in [0.25, 0.3) is 6.08 Å². The Bertz CT molecular complexity index is 1280. The zero-order chi connectivity index (χ0) is 25.7. The minimum Gasteiger partial charge on any atom is -0.493 e. The monoisotopic (exact) mass is 564 g/mol. The number of thioether (sulfide) groups is 1. The molecule has 1 aliphatic rings. The fraction of sp³-hybridized carbons (Fsp3) is 0.241. The summed E-state index contributed by atoms with van der Waals surface area (Å²) in [7, 11) is 1.62. The fourth-order valence-electron chi connectivity index (χ4n) is 3.69. The van der Waals surface area contributed by atoms with Gasteiger partial charge < -0.3 is 9.47 Å². The molecular formula is C29H29BrN2O3S. The summed E-state index contributed by atoms with van der Waals surface area (Å²) < 4.78 is 12.8. The lowest BCUT2D eigenvalue weighted by atomic mass is 10.1. The van der Waals surface area contributed by atoms with Crippen molar-refractivity contribution in [3.63, 3.8) is 0 Å². The van der Waals surface area contributed by atoms with E-state index in [1.165, 1.54) is 17.3 Å². The number of amides is 1. The molecule has 0 radical (unpaired) electrons. The second kappa shape index (κ2) is 11.8. The molecule has 0 aromatic heterocycles. The van der Waals surface area contributed by atoms with Crippen molar-refractivity contribution in [2.75, 3.05) is 13.7 Å². The van der Waals surface area contributed by atoms with Crippen molar-refractivity contribution < 1.29 is 14.3 Å². The quantitative estimate of drug-likeness (QED) is 0.264. The third kappa shape index (κ3) is 6.39. The standard InChI is InChI=1S/C29H29BrN2O3S/c1-19(2)17-32-28(33)26(36-29(32)31-24-14-8-20(3)9-15-24)16-22-6-5-7-25(34-4)27(22)35-18-21-10-12-23(30)13-11-21/h5-16,19H,17-18H2,1-4H3/b26-16+,31-29?. The molecule has 0 saturated carbocycles. The van der Waals surface area contributed by atoms with Crippen LogP contribution in [0.2, 0.25) is 0 Å². The number of hydrogen-bond donors (Lipinski definition) is 0. The summed E-state index contributed by atoms with van der Waals surface area (Å²) in [5.74, 6) is 1.47. The van der Waals surface area contributed by atoms with E-state index in [9.17, 15) is 4.79 Å². The van der Waals surface area contributed by atoms with Crippen LogP contribution in [-0.2, 0) is 11.4 Å². The van der Waals surface area contributed by atoms with Crippen molar-refractivity contribution in [1.82, 2.24) is 4.90 Å². The lowest BCUT2D eigenvalue weighted by Gasteiger charge is -2.17. The van der Waals surface area contributed by atoms with Gasteiger partial charge in [-0.1, -0.05) is 71.7 Å². The van der Waals surface area contributed by atoms with E-state index in [-0.39, 0.29) is 5.91 Å². The number of carbonyl (C=O) groups is 1. The third-order valence-electron chi connectivity index (χ3n) is 5.51. The van der Waals surface area contributed by atoms with Gasteiger partial charge in [-0.15, -0.1) is 0 Å². The van der Waals surface area contributed by atoms with Crippen molar-refractivity contribution >= 4 is 50.5 Å². The second-order valence-corrected chi connectivity index (χ2v) is 10.9. The zero-order valence-corrected chi connectivity index (χ0v) is 23.2. The van der Waals surface area contributed by atoms with E-state index in [1.54, 1.807) is 12.0 Å². The molecule has 5 nitrogen and oxygen atoms in total. The Labute approximate surface area is 225 Å². The molecule has 0 aliphatic carbocycles. The van der Waals surface area contributed by atoms with Crippen LogP contribution in [0.4, 0.5) is 5.69 Å². The highest BCUT2D eigenvalue weighted by Crippen LogP contribution is 2.39. The van der Waals surface area contributed by atoms with Crippen molar-refractivity contribution in [2.45, 2.75) is 27.4 Å². The van der Waals surface area contributed by atoms with Crippen LogP contribution in [-0.4, -0.2) is 29.6 Å². The van der Waals surface area contributed by atoms with E-state index in [0.717, 1.165) is 21.3 Å². The average Bonchev–Trinajstić information content (AvgIpc) is 3.13. The van der Waals surface area contributed by atoms with Gasteiger partial charge in [0, 0.05) is 16.6 Å². The highest BCUT2D eigenvalue weighted by Gasteiger charge is 2.34. The maximum Gasteiger partial charge on any atom is 0.266 e. The smallest absolute Gasteiger partial charge is 0.266 e. The van der Waals surface area contributed by atoms with Gasteiger partial charge in [-0.3, -0.25) is 9.69 Å². The summed E-state index contributed by atoms with van der Waals surface area (Å²) >= 11 is 4.85. The molecule has 1 heterocycles. The van der Waals surface area contributed by atoms with Crippen molar-refractivity contribution in [1.29, 1.82) is 0 Å². The Morgan fingerprint density at radius 3 is 2.44 bits per heavy atom. The van der Waals surface area contributed by atoms with Gasteiger partial charge in [-0.05, 0) is 66.6 Å². The predicted molar refractivity (Wildman–Crippen MR) is 152 cm³/mol. The number of benzene rings is 3. The van der Waals surface area contributed by atoms with Crippen molar-refractivity contribution in [3.8, 4) is 11.5 Å². The van der Waals surface area contributed by atoms with Gasteiger partial charge >= 0.3 is 0 Å². The SMILES string of the molecule is COc1cccc(/C=C2/SC(=Nc3ccc(C)cc3)N(CC(C)C)C2=O)c1OCc1ccc(Br)cc1.